The summed E-state index contributed by atoms with van der Waals surface area (Å²) in [4.78, 5) is 8.88. The molecule has 0 spiro atoms. The van der Waals surface area contributed by atoms with Crippen LogP contribution in [0.4, 0.5) is 0 Å². The average Bonchev–Trinajstić information content (AvgIpc) is 2.81. The summed E-state index contributed by atoms with van der Waals surface area (Å²) in [6, 6.07) is 2.58. The van der Waals surface area contributed by atoms with Crippen molar-refractivity contribution in [3.05, 3.63) is 24.3 Å². The summed E-state index contributed by atoms with van der Waals surface area (Å²) in [6.45, 7) is 6.73. The molecule has 0 aliphatic heterocycles. The number of rotatable bonds is 2. The minimum atomic E-state index is -0.0722. The van der Waals surface area contributed by atoms with Gasteiger partial charge in [0.05, 0.1) is 17.1 Å². The van der Waals surface area contributed by atoms with Crippen molar-refractivity contribution in [2.75, 3.05) is 0 Å². The Morgan fingerprint density at radius 1 is 1.30 bits per heavy atom. The predicted molar refractivity (Wildman–Crippen MR) is 83.0 cm³/mol. The molecule has 4 unspecified atom stereocenters. The zero-order valence-electron chi connectivity index (χ0n) is 12.4. The Morgan fingerprint density at radius 2 is 2.10 bits per heavy atom. The molecule has 0 radical (unpaired) electrons. The van der Waals surface area contributed by atoms with E-state index in [4.69, 9.17) is 16.6 Å². The van der Waals surface area contributed by atoms with Crippen LogP contribution >= 0.6 is 11.6 Å². The maximum atomic E-state index is 6.36. The van der Waals surface area contributed by atoms with E-state index in [1.165, 1.54) is 24.8 Å². The van der Waals surface area contributed by atoms with E-state index in [1.807, 2.05) is 19.3 Å². The third kappa shape index (κ3) is 2.32. The van der Waals surface area contributed by atoms with Gasteiger partial charge >= 0.3 is 0 Å². The molecule has 2 aromatic rings. The summed E-state index contributed by atoms with van der Waals surface area (Å²) in [6.07, 6.45) is 7.40. The Bertz CT molecular complexity index is 605. The average molecular weight is 292 g/mol. The van der Waals surface area contributed by atoms with E-state index in [-0.39, 0.29) is 5.38 Å². The van der Waals surface area contributed by atoms with Gasteiger partial charge in [-0.1, -0.05) is 13.8 Å². The van der Waals surface area contributed by atoms with Crippen LogP contribution in [-0.4, -0.2) is 14.5 Å². The number of halogens is 1. The lowest BCUT2D eigenvalue weighted by Gasteiger charge is -2.34. The van der Waals surface area contributed by atoms with E-state index < -0.39 is 0 Å². The molecule has 1 aliphatic carbocycles. The molecule has 1 saturated carbocycles. The van der Waals surface area contributed by atoms with E-state index in [0.29, 0.717) is 6.04 Å². The number of alkyl halides is 1. The van der Waals surface area contributed by atoms with Gasteiger partial charge in [0, 0.05) is 12.2 Å². The van der Waals surface area contributed by atoms with Crippen LogP contribution in [0.25, 0.3) is 11.0 Å². The lowest BCUT2D eigenvalue weighted by atomic mass is 9.79. The van der Waals surface area contributed by atoms with E-state index >= 15 is 0 Å². The summed E-state index contributed by atoms with van der Waals surface area (Å²) in [5.74, 6) is 2.56. The van der Waals surface area contributed by atoms with Crippen molar-refractivity contribution in [2.45, 2.75) is 51.5 Å². The summed E-state index contributed by atoms with van der Waals surface area (Å²) < 4.78 is 2.37. The highest BCUT2D eigenvalue weighted by Gasteiger charge is 2.29. The lowest BCUT2D eigenvalue weighted by molar-refractivity contribution is 0.211. The number of aromatic nitrogens is 3. The van der Waals surface area contributed by atoms with Crippen LogP contribution in [0.15, 0.2) is 18.5 Å². The molecule has 4 atom stereocenters. The minimum absolute atomic E-state index is 0.0722. The standard InChI is InChI=1S/C16H22ClN3/c1-10-4-5-13(8-11(10)2)20-15-6-7-18-9-14(15)19-16(20)12(3)17/h6-7,9-13H,4-5,8H2,1-3H3. The Morgan fingerprint density at radius 3 is 2.80 bits per heavy atom. The van der Waals surface area contributed by atoms with Crippen molar-refractivity contribution in [2.24, 2.45) is 11.8 Å². The van der Waals surface area contributed by atoms with Gasteiger partial charge in [0.1, 0.15) is 11.3 Å². The van der Waals surface area contributed by atoms with E-state index in [1.54, 1.807) is 0 Å². The van der Waals surface area contributed by atoms with Gasteiger partial charge in [0.25, 0.3) is 0 Å². The van der Waals surface area contributed by atoms with Gasteiger partial charge in [-0.15, -0.1) is 11.6 Å². The second-order valence-corrected chi connectivity index (χ2v) is 6.90. The molecular formula is C16H22ClN3. The van der Waals surface area contributed by atoms with Gasteiger partial charge in [0.2, 0.25) is 0 Å². The smallest absolute Gasteiger partial charge is 0.128 e. The Balaban J connectivity index is 2.07. The molecular weight excluding hydrogens is 270 g/mol. The zero-order valence-corrected chi connectivity index (χ0v) is 13.1. The quantitative estimate of drug-likeness (QED) is 0.749. The molecule has 4 heteroatoms. The number of hydrogen-bond donors (Lipinski definition) is 0. The number of pyridine rings is 1. The van der Waals surface area contributed by atoms with Crippen LogP contribution in [-0.2, 0) is 0 Å². The maximum Gasteiger partial charge on any atom is 0.128 e. The molecule has 2 heterocycles. The van der Waals surface area contributed by atoms with E-state index in [9.17, 15) is 0 Å². The van der Waals surface area contributed by atoms with E-state index in [0.717, 1.165) is 23.2 Å². The third-order valence-corrected chi connectivity index (χ3v) is 5.01. The van der Waals surface area contributed by atoms with Gasteiger partial charge in [-0.2, -0.15) is 0 Å². The molecule has 0 N–H and O–H groups in total. The molecule has 0 aromatic carbocycles. The van der Waals surface area contributed by atoms with Gasteiger partial charge in [0.15, 0.2) is 0 Å². The number of hydrogen-bond acceptors (Lipinski definition) is 2. The Kier molecular flexibility index (Phi) is 3.72. The van der Waals surface area contributed by atoms with Crippen LogP contribution < -0.4 is 0 Å². The van der Waals surface area contributed by atoms with Crippen molar-refractivity contribution in [3.8, 4) is 0 Å². The zero-order chi connectivity index (χ0) is 14.3. The van der Waals surface area contributed by atoms with Crippen LogP contribution in [0.5, 0.6) is 0 Å². The van der Waals surface area contributed by atoms with Gasteiger partial charge in [-0.25, -0.2) is 4.98 Å². The topological polar surface area (TPSA) is 30.7 Å². The monoisotopic (exact) mass is 291 g/mol. The van der Waals surface area contributed by atoms with Crippen molar-refractivity contribution in [3.63, 3.8) is 0 Å². The second-order valence-electron chi connectivity index (χ2n) is 6.24. The van der Waals surface area contributed by atoms with Crippen LogP contribution in [0.3, 0.4) is 0 Å². The molecule has 2 aromatic heterocycles. The highest BCUT2D eigenvalue weighted by atomic mass is 35.5. The molecule has 0 saturated heterocycles. The third-order valence-electron chi connectivity index (χ3n) is 4.81. The van der Waals surface area contributed by atoms with Crippen LogP contribution in [0.2, 0.25) is 0 Å². The van der Waals surface area contributed by atoms with Crippen molar-refractivity contribution >= 4 is 22.6 Å². The normalized spacial score (nSPS) is 28.7. The number of nitrogens with zero attached hydrogens (tertiary/aromatic N) is 3. The first-order valence-corrected chi connectivity index (χ1v) is 7.97. The molecule has 0 bridgehead atoms. The molecule has 20 heavy (non-hydrogen) atoms. The fraction of sp³-hybridized carbons (Fsp3) is 0.625. The summed E-state index contributed by atoms with van der Waals surface area (Å²) in [7, 11) is 0. The van der Waals surface area contributed by atoms with Crippen molar-refractivity contribution in [1.82, 2.24) is 14.5 Å². The lowest BCUT2D eigenvalue weighted by Crippen LogP contribution is -2.24. The Labute approximate surface area is 125 Å². The van der Waals surface area contributed by atoms with Crippen LogP contribution in [0.1, 0.15) is 57.3 Å². The molecule has 1 aliphatic rings. The highest BCUT2D eigenvalue weighted by molar-refractivity contribution is 6.20. The van der Waals surface area contributed by atoms with Gasteiger partial charge < -0.3 is 4.57 Å². The SMILES string of the molecule is CC(Cl)c1nc2cnccc2n1C1CCC(C)C(C)C1. The Hall–Kier alpha value is -1.09. The number of fused-ring (bicyclic) bond motifs is 1. The first-order chi connectivity index (χ1) is 9.58. The number of imidazole rings is 1. The molecule has 0 amide bonds. The van der Waals surface area contributed by atoms with Crippen molar-refractivity contribution < 1.29 is 0 Å². The largest absolute Gasteiger partial charge is 0.324 e. The molecule has 3 rings (SSSR count). The maximum absolute atomic E-state index is 6.36. The first kappa shape index (κ1) is 13.9. The summed E-state index contributed by atoms with van der Waals surface area (Å²) in [5, 5.41) is -0.0722. The minimum Gasteiger partial charge on any atom is -0.324 e. The molecule has 108 valence electrons. The van der Waals surface area contributed by atoms with Gasteiger partial charge in [-0.05, 0) is 44.1 Å². The first-order valence-electron chi connectivity index (χ1n) is 7.53. The van der Waals surface area contributed by atoms with Gasteiger partial charge in [-0.3, -0.25) is 4.98 Å². The predicted octanol–water partition coefficient (Wildman–Crippen LogP) is 4.73. The molecule has 3 nitrogen and oxygen atoms in total. The van der Waals surface area contributed by atoms with E-state index in [2.05, 4.69) is 29.5 Å². The summed E-state index contributed by atoms with van der Waals surface area (Å²) in [5.41, 5.74) is 2.13. The fourth-order valence-electron chi connectivity index (χ4n) is 3.39. The summed E-state index contributed by atoms with van der Waals surface area (Å²) >= 11 is 6.36. The molecule has 1 fully saturated rings. The fourth-order valence-corrected chi connectivity index (χ4v) is 3.54. The second kappa shape index (κ2) is 5.36. The van der Waals surface area contributed by atoms with Crippen molar-refractivity contribution in [1.29, 1.82) is 0 Å². The highest BCUT2D eigenvalue weighted by Crippen LogP contribution is 2.39. The van der Waals surface area contributed by atoms with Crippen LogP contribution in [0, 0.1) is 11.8 Å².